The van der Waals surface area contributed by atoms with Crippen LogP contribution in [-0.2, 0) is 15.2 Å². The highest BCUT2D eigenvalue weighted by atomic mass is 32.2. The summed E-state index contributed by atoms with van der Waals surface area (Å²) in [5.41, 5.74) is -0.877. The van der Waals surface area contributed by atoms with E-state index in [1.54, 1.807) is 0 Å². The molecule has 170 valence electrons. The Kier molecular flexibility index (Phi) is 8.27. The van der Waals surface area contributed by atoms with E-state index in [9.17, 15) is 14.7 Å². The van der Waals surface area contributed by atoms with Crippen LogP contribution in [0.5, 0.6) is 0 Å². The lowest BCUT2D eigenvalue weighted by Crippen LogP contribution is -2.63. The second-order valence-corrected chi connectivity index (χ2v) is 16.7. The van der Waals surface area contributed by atoms with Gasteiger partial charge in [-0.2, -0.15) is 10.5 Å². The number of aryl methyl sites for hydroxylation is 1. The van der Waals surface area contributed by atoms with Gasteiger partial charge in [0.15, 0.2) is 8.32 Å². The molecule has 0 heterocycles. The van der Waals surface area contributed by atoms with Crippen LogP contribution in [-0.4, -0.2) is 36.0 Å². The van der Waals surface area contributed by atoms with Gasteiger partial charge in [0.25, 0.3) is 0 Å². The molecule has 0 radical (unpaired) electrons. The van der Waals surface area contributed by atoms with Crippen LogP contribution < -0.4 is 5.32 Å². The fourth-order valence-corrected chi connectivity index (χ4v) is 5.92. The fourth-order valence-electron chi connectivity index (χ4n) is 3.60. The van der Waals surface area contributed by atoms with Crippen LogP contribution in [0.25, 0.3) is 0 Å². The van der Waals surface area contributed by atoms with Crippen LogP contribution in [0.4, 0.5) is 0 Å². The Hall–Kier alpha value is -1.51. The summed E-state index contributed by atoms with van der Waals surface area (Å²) in [4.78, 5) is 0.689. The molecule has 31 heavy (non-hydrogen) atoms. The zero-order valence-electron chi connectivity index (χ0n) is 19.9. The summed E-state index contributed by atoms with van der Waals surface area (Å²) >= 11 is 0. The van der Waals surface area contributed by atoms with E-state index in [4.69, 9.17) is 4.43 Å². The first kappa shape index (κ1) is 25.7. The quantitative estimate of drug-likeness (QED) is 0.540. The van der Waals surface area contributed by atoms with Crippen molar-refractivity contribution in [3.63, 3.8) is 0 Å². The van der Waals surface area contributed by atoms with Gasteiger partial charge in [0.05, 0.1) is 35.3 Å². The molecule has 0 spiro atoms. The van der Waals surface area contributed by atoms with Gasteiger partial charge >= 0.3 is 0 Å². The summed E-state index contributed by atoms with van der Waals surface area (Å²) in [6.07, 6.45) is 4.40. The largest absolute Gasteiger partial charge is 0.414 e. The maximum absolute atomic E-state index is 13.3. The lowest BCUT2D eigenvalue weighted by Gasteiger charge is -2.42. The summed E-state index contributed by atoms with van der Waals surface area (Å²) < 4.78 is 19.7. The Labute approximate surface area is 191 Å². The number of rotatable bonds is 8. The van der Waals surface area contributed by atoms with Crippen molar-refractivity contribution >= 4 is 19.1 Å². The average molecular weight is 460 g/mol. The van der Waals surface area contributed by atoms with Gasteiger partial charge in [-0.1, -0.05) is 57.7 Å². The number of nitrogens with one attached hydrogen (secondary N) is 1. The first-order valence-corrected chi connectivity index (χ1v) is 15.3. The van der Waals surface area contributed by atoms with E-state index in [1.807, 2.05) is 31.2 Å². The molecule has 1 aliphatic carbocycles. The van der Waals surface area contributed by atoms with Gasteiger partial charge in [0, 0.05) is 4.90 Å². The molecule has 1 saturated carbocycles. The van der Waals surface area contributed by atoms with Crippen molar-refractivity contribution in [2.24, 2.45) is 0 Å². The lowest BCUT2D eigenvalue weighted by molar-refractivity contribution is 0.170. The van der Waals surface area contributed by atoms with Crippen molar-refractivity contribution in [3.05, 3.63) is 29.8 Å². The molecule has 0 bridgehead atoms. The maximum atomic E-state index is 13.3. The highest BCUT2D eigenvalue weighted by molar-refractivity contribution is 7.85. The summed E-state index contributed by atoms with van der Waals surface area (Å²) in [7, 11) is -3.54. The first-order valence-electron chi connectivity index (χ1n) is 11.1. The number of nitrogens with zero attached hydrogens (tertiary/aromatic N) is 2. The molecule has 0 amide bonds. The molecule has 2 atom stereocenters. The lowest BCUT2D eigenvalue weighted by atomic mass is 9.81. The molecule has 0 saturated heterocycles. The van der Waals surface area contributed by atoms with Gasteiger partial charge in [-0.3, -0.25) is 9.53 Å². The molecule has 1 aromatic carbocycles. The molecular formula is C24H37N3O2SSi. The van der Waals surface area contributed by atoms with E-state index in [-0.39, 0.29) is 17.4 Å². The predicted octanol–water partition coefficient (Wildman–Crippen LogP) is 5.20. The van der Waals surface area contributed by atoms with Gasteiger partial charge in [-0.05, 0) is 50.0 Å². The normalized spacial score (nSPS) is 19.6. The Morgan fingerprint density at radius 3 is 2.19 bits per heavy atom. The Morgan fingerprint density at radius 1 is 1.13 bits per heavy atom. The van der Waals surface area contributed by atoms with Gasteiger partial charge < -0.3 is 4.43 Å². The maximum Gasteiger partial charge on any atom is 0.192 e. The minimum absolute atomic E-state index is 0.0118. The summed E-state index contributed by atoms with van der Waals surface area (Å²) in [6.45, 7) is 12.9. The standard InChI is InChI=1S/C24H37N3O2SSi/c1-20-10-12-21(13-11-20)30(28)19-24(17-26,18-29-31(5,6)22(2,3)4)27-23(16-25)14-8-7-9-15-23/h10-13,27H,7-9,14-15,18-19H2,1-6H3/t24-,30?/m0/s1. The molecule has 1 unspecified atom stereocenters. The van der Waals surface area contributed by atoms with Crippen molar-refractivity contribution in [1.29, 1.82) is 10.5 Å². The van der Waals surface area contributed by atoms with E-state index in [0.29, 0.717) is 17.7 Å². The van der Waals surface area contributed by atoms with Gasteiger partial charge in [0.2, 0.25) is 0 Å². The highest BCUT2D eigenvalue weighted by Gasteiger charge is 2.46. The number of benzene rings is 1. The first-order chi connectivity index (χ1) is 14.4. The summed E-state index contributed by atoms with van der Waals surface area (Å²) in [5.74, 6) is 0.0879. The smallest absolute Gasteiger partial charge is 0.192 e. The Morgan fingerprint density at radius 2 is 1.71 bits per heavy atom. The molecule has 2 rings (SSSR count). The van der Waals surface area contributed by atoms with Crippen LogP contribution in [0.2, 0.25) is 18.1 Å². The van der Waals surface area contributed by atoms with Crippen LogP contribution in [0, 0.1) is 29.6 Å². The van der Waals surface area contributed by atoms with E-state index in [0.717, 1.165) is 24.8 Å². The van der Waals surface area contributed by atoms with E-state index >= 15 is 0 Å². The summed E-state index contributed by atoms with van der Waals surface area (Å²) in [5, 5.41) is 23.7. The fraction of sp³-hybridized carbons (Fsp3) is 0.667. The third-order valence-corrected chi connectivity index (χ3v) is 12.8. The zero-order chi connectivity index (χ0) is 23.3. The molecule has 0 aliphatic heterocycles. The van der Waals surface area contributed by atoms with Crippen molar-refractivity contribution in [3.8, 4) is 12.1 Å². The molecule has 1 N–H and O–H groups in total. The van der Waals surface area contributed by atoms with E-state index in [1.165, 1.54) is 0 Å². The topological polar surface area (TPSA) is 85.9 Å². The van der Waals surface area contributed by atoms with Gasteiger partial charge in [-0.25, -0.2) is 0 Å². The van der Waals surface area contributed by atoms with Gasteiger partial charge in [-0.15, -0.1) is 0 Å². The monoisotopic (exact) mass is 459 g/mol. The third-order valence-electron chi connectivity index (χ3n) is 6.76. The second-order valence-electron chi connectivity index (χ2n) is 10.4. The molecule has 1 aromatic rings. The molecule has 0 aromatic heterocycles. The van der Waals surface area contributed by atoms with Crippen molar-refractivity contribution in [2.75, 3.05) is 12.4 Å². The molecule has 1 aliphatic rings. The minimum atomic E-state index is -2.14. The zero-order valence-corrected chi connectivity index (χ0v) is 21.7. The molecule has 5 nitrogen and oxygen atoms in total. The van der Waals surface area contributed by atoms with Crippen molar-refractivity contribution < 1.29 is 8.63 Å². The van der Waals surface area contributed by atoms with Gasteiger partial charge in [0.1, 0.15) is 11.1 Å². The Balaban J connectivity index is 2.36. The third kappa shape index (κ3) is 6.49. The predicted molar refractivity (Wildman–Crippen MR) is 129 cm³/mol. The number of hydrogen-bond acceptors (Lipinski definition) is 5. The van der Waals surface area contributed by atoms with Crippen LogP contribution in [0.1, 0.15) is 58.4 Å². The summed E-state index contributed by atoms with van der Waals surface area (Å²) in [6, 6.07) is 12.4. The van der Waals surface area contributed by atoms with Crippen LogP contribution >= 0.6 is 0 Å². The second kappa shape index (κ2) is 9.96. The molecular weight excluding hydrogens is 422 g/mol. The van der Waals surface area contributed by atoms with Crippen molar-refractivity contribution in [2.45, 2.75) is 93.9 Å². The SMILES string of the molecule is Cc1ccc(S(=O)C[C@](C#N)(CO[Si](C)(C)C(C)(C)C)NC2(C#N)CCCCC2)cc1. The van der Waals surface area contributed by atoms with Crippen LogP contribution in [0.3, 0.4) is 0 Å². The van der Waals surface area contributed by atoms with Crippen molar-refractivity contribution in [1.82, 2.24) is 5.32 Å². The molecule has 7 heteroatoms. The average Bonchev–Trinajstić information content (AvgIpc) is 2.72. The number of hydrogen-bond donors (Lipinski definition) is 1. The molecule has 1 fully saturated rings. The highest BCUT2D eigenvalue weighted by Crippen LogP contribution is 2.38. The van der Waals surface area contributed by atoms with E-state index < -0.39 is 30.2 Å². The Bertz CT molecular complexity index is 859. The number of nitriles is 2. The van der Waals surface area contributed by atoms with Crippen LogP contribution in [0.15, 0.2) is 29.2 Å². The minimum Gasteiger partial charge on any atom is -0.414 e. The van der Waals surface area contributed by atoms with E-state index in [2.05, 4.69) is 51.3 Å².